The van der Waals surface area contributed by atoms with E-state index in [1.165, 1.54) is 13.2 Å². The van der Waals surface area contributed by atoms with Gasteiger partial charge in [-0.1, -0.05) is 68.9 Å². The third-order valence-electron chi connectivity index (χ3n) is 9.05. The van der Waals surface area contributed by atoms with Crippen LogP contribution in [0.3, 0.4) is 0 Å². The quantitative estimate of drug-likeness (QED) is 0.0568. The number of aryl methyl sites for hydroxylation is 1. The van der Waals surface area contributed by atoms with Crippen LogP contribution in [-0.4, -0.2) is 13.7 Å². The molecule has 0 unspecified atom stereocenters. The van der Waals surface area contributed by atoms with Gasteiger partial charge in [-0.3, -0.25) is 0 Å². The Labute approximate surface area is 314 Å². The molecular formula is C46H35F7O2. The molecule has 2 nitrogen and oxygen atoms in total. The standard InChI is InChI=1S/C46H35F7O2/c1-4-6-18-55-35-16-15-31-21-30(13-14-32(31)22-35)29-11-8-27(9-12-29)10-17-36-37(47)23-34(26-42(36)54-3)33-24-40(50)44(41(51)25-33)46(53)45(52)43-38(48)19-28(7-5-2)20-39(43)49/h8-9,11-16,19-26H,4-7,18H2,1-3H3/b46-45+. The second-order valence-electron chi connectivity index (χ2n) is 12.9. The molecule has 0 atom stereocenters. The van der Waals surface area contributed by atoms with Crippen LogP contribution in [0.4, 0.5) is 30.7 Å². The molecule has 0 heterocycles. The van der Waals surface area contributed by atoms with E-state index in [-0.39, 0.29) is 34.4 Å². The summed E-state index contributed by atoms with van der Waals surface area (Å²) in [5, 5.41) is 2.12. The van der Waals surface area contributed by atoms with E-state index >= 15 is 22.0 Å². The minimum Gasteiger partial charge on any atom is -0.495 e. The van der Waals surface area contributed by atoms with Gasteiger partial charge in [-0.15, -0.1) is 0 Å². The van der Waals surface area contributed by atoms with E-state index in [1.54, 1.807) is 19.1 Å². The Hall–Kier alpha value is -6.01. The van der Waals surface area contributed by atoms with E-state index in [9.17, 15) is 8.78 Å². The van der Waals surface area contributed by atoms with Gasteiger partial charge in [-0.2, -0.15) is 0 Å². The predicted molar refractivity (Wildman–Crippen MR) is 203 cm³/mol. The van der Waals surface area contributed by atoms with Crippen LogP contribution < -0.4 is 9.47 Å². The molecular weight excluding hydrogens is 717 g/mol. The molecule has 0 aromatic heterocycles. The zero-order valence-electron chi connectivity index (χ0n) is 30.2. The van der Waals surface area contributed by atoms with Crippen LogP contribution in [0.1, 0.15) is 60.9 Å². The van der Waals surface area contributed by atoms with Crippen LogP contribution >= 0.6 is 0 Å². The first-order chi connectivity index (χ1) is 26.5. The van der Waals surface area contributed by atoms with E-state index in [0.29, 0.717) is 30.7 Å². The molecule has 0 fully saturated rings. The fourth-order valence-corrected chi connectivity index (χ4v) is 6.18. The van der Waals surface area contributed by atoms with Gasteiger partial charge < -0.3 is 9.47 Å². The largest absolute Gasteiger partial charge is 0.495 e. The summed E-state index contributed by atoms with van der Waals surface area (Å²) >= 11 is 0. The SMILES string of the molecule is CCCCOc1ccc2cc(-c3ccc(C#Cc4c(F)cc(-c5cc(F)c(/C(F)=C(\F)c6c(F)cc(CCC)cc6F)c(F)c5)cc4OC)cc3)ccc2c1. The predicted octanol–water partition coefficient (Wildman–Crippen LogP) is 13.2. The first-order valence-electron chi connectivity index (χ1n) is 17.7. The molecule has 0 bridgehead atoms. The highest BCUT2D eigenvalue weighted by Crippen LogP contribution is 2.38. The Bertz CT molecular complexity index is 2430. The van der Waals surface area contributed by atoms with E-state index in [4.69, 9.17) is 9.47 Å². The Kier molecular flexibility index (Phi) is 12.0. The molecule has 0 saturated carbocycles. The van der Waals surface area contributed by atoms with Crippen LogP contribution in [-0.2, 0) is 6.42 Å². The van der Waals surface area contributed by atoms with Crippen molar-refractivity contribution in [2.45, 2.75) is 39.5 Å². The van der Waals surface area contributed by atoms with Gasteiger partial charge in [0.25, 0.3) is 0 Å². The summed E-state index contributed by atoms with van der Waals surface area (Å²) in [4.78, 5) is 0. The van der Waals surface area contributed by atoms with E-state index < -0.39 is 51.9 Å². The summed E-state index contributed by atoms with van der Waals surface area (Å²) < 4.78 is 116. The number of fused-ring (bicyclic) bond motifs is 1. The maximum absolute atomic E-state index is 15.5. The number of ether oxygens (including phenoxy) is 2. The highest BCUT2D eigenvalue weighted by atomic mass is 19.2. The number of methoxy groups -OCH3 is 1. The van der Waals surface area contributed by atoms with Gasteiger partial charge in [0.05, 0.1) is 24.8 Å². The lowest BCUT2D eigenvalue weighted by Crippen LogP contribution is -2.00. The molecule has 55 heavy (non-hydrogen) atoms. The number of unbranched alkanes of at least 4 members (excludes halogenated alkanes) is 1. The number of hydrogen-bond acceptors (Lipinski definition) is 2. The second kappa shape index (κ2) is 17.0. The Morgan fingerprint density at radius 1 is 0.564 bits per heavy atom. The third-order valence-corrected chi connectivity index (χ3v) is 9.05. The van der Waals surface area contributed by atoms with Crippen LogP contribution in [0.25, 0.3) is 44.7 Å². The average Bonchev–Trinajstić information content (AvgIpc) is 3.16. The van der Waals surface area contributed by atoms with Gasteiger partial charge in [-0.25, -0.2) is 30.7 Å². The minimum atomic E-state index is -2.13. The highest BCUT2D eigenvalue weighted by molar-refractivity contribution is 5.88. The normalized spacial score (nSPS) is 11.6. The zero-order valence-corrected chi connectivity index (χ0v) is 30.2. The molecule has 6 aromatic rings. The van der Waals surface area contributed by atoms with E-state index in [2.05, 4.69) is 24.8 Å². The topological polar surface area (TPSA) is 18.5 Å². The zero-order chi connectivity index (χ0) is 39.2. The van der Waals surface area contributed by atoms with Crippen molar-refractivity contribution in [2.24, 2.45) is 0 Å². The average molecular weight is 753 g/mol. The smallest absolute Gasteiger partial charge is 0.172 e. The molecule has 0 aliphatic carbocycles. The molecule has 0 spiro atoms. The van der Waals surface area contributed by atoms with Crippen molar-refractivity contribution in [3.63, 3.8) is 0 Å². The molecule has 0 radical (unpaired) electrons. The van der Waals surface area contributed by atoms with Gasteiger partial charge in [0.1, 0.15) is 46.1 Å². The molecule has 0 aliphatic rings. The summed E-state index contributed by atoms with van der Waals surface area (Å²) in [6, 6.07) is 24.8. The third kappa shape index (κ3) is 8.54. The van der Waals surface area contributed by atoms with Crippen molar-refractivity contribution in [1.29, 1.82) is 0 Å². The van der Waals surface area contributed by atoms with Gasteiger partial charge in [0.15, 0.2) is 11.7 Å². The van der Waals surface area contributed by atoms with Gasteiger partial charge in [0.2, 0.25) is 0 Å². The molecule has 0 saturated heterocycles. The van der Waals surface area contributed by atoms with Crippen LogP contribution in [0.2, 0.25) is 0 Å². The van der Waals surface area contributed by atoms with E-state index in [0.717, 1.165) is 58.7 Å². The number of benzene rings is 6. The molecule has 0 N–H and O–H groups in total. The fraction of sp³-hybridized carbons (Fsp3) is 0.174. The lowest BCUT2D eigenvalue weighted by Gasteiger charge is -2.12. The molecule has 280 valence electrons. The Morgan fingerprint density at radius 3 is 1.75 bits per heavy atom. The first-order valence-corrected chi connectivity index (χ1v) is 17.7. The second-order valence-corrected chi connectivity index (χ2v) is 12.9. The fourth-order valence-electron chi connectivity index (χ4n) is 6.18. The van der Waals surface area contributed by atoms with Crippen LogP contribution in [0.15, 0.2) is 97.1 Å². The molecule has 0 amide bonds. The lowest BCUT2D eigenvalue weighted by atomic mass is 9.98. The Morgan fingerprint density at radius 2 is 1.13 bits per heavy atom. The van der Waals surface area contributed by atoms with Gasteiger partial charge in [-0.05, 0) is 118 Å². The monoisotopic (exact) mass is 752 g/mol. The molecule has 0 aliphatic heterocycles. The van der Waals surface area contributed by atoms with Crippen LogP contribution in [0, 0.1) is 40.9 Å². The Balaban J connectivity index is 1.23. The lowest BCUT2D eigenvalue weighted by molar-refractivity contribution is 0.310. The molecule has 9 heteroatoms. The summed E-state index contributed by atoms with van der Waals surface area (Å²) in [6.45, 7) is 4.56. The van der Waals surface area contributed by atoms with Crippen molar-refractivity contribution >= 4 is 22.4 Å². The van der Waals surface area contributed by atoms with Gasteiger partial charge in [0, 0.05) is 5.56 Å². The molecule has 6 rings (SSSR count). The maximum atomic E-state index is 15.5. The summed E-state index contributed by atoms with van der Waals surface area (Å²) in [5.41, 5.74) is -0.521. The summed E-state index contributed by atoms with van der Waals surface area (Å²) in [7, 11) is 1.27. The number of hydrogen-bond donors (Lipinski definition) is 0. The summed E-state index contributed by atoms with van der Waals surface area (Å²) in [5.74, 6) is -4.65. The van der Waals surface area contributed by atoms with Crippen molar-refractivity contribution in [3.8, 4) is 45.6 Å². The summed E-state index contributed by atoms with van der Waals surface area (Å²) in [6.07, 6.45) is 2.88. The number of rotatable bonds is 11. The first kappa shape index (κ1) is 38.7. The highest BCUT2D eigenvalue weighted by Gasteiger charge is 2.26. The minimum absolute atomic E-state index is 0.0475. The van der Waals surface area contributed by atoms with E-state index in [1.807, 2.05) is 42.5 Å². The molecule has 6 aromatic carbocycles. The number of halogens is 7. The van der Waals surface area contributed by atoms with Crippen molar-refractivity contribution < 1.29 is 40.2 Å². The maximum Gasteiger partial charge on any atom is 0.172 e. The van der Waals surface area contributed by atoms with Crippen molar-refractivity contribution in [1.82, 2.24) is 0 Å². The van der Waals surface area contributed by atoms with Crippen LogP contribution in [0.5, 0.6) is 11.5 Å². The van der Waals surface area contributed by atoms with Crippen molar-refractivity contribution in [3.05, 3.63) is 154 Å². The van der Waals surface area contributed by atoms with Gasteiger partial charge >= 0.3 is 0 Å². The van der Waals surface area contributed by atoms with Crippen molar-refractivity contribution in [2.75, 3.05) is 13.7 Å².